The summed E-state index contributed by atoms with van der Waals surface area (Å²) in [6, 6.07) is 13.7. The van der Waals surface area contributed by atoms with Gasteiger partial charge in [-0.15, -0.1) is 0 Å². The van der Waals surface area contributed by atoms with Gasteiger partial charge in [0.05, 0.1) is 13.2 Å². The van der Waals surface area contributed by atoms with Crippen LogP contribution in [0.2, 0.25) is 5.02 Å². The Labute approximate surface area is 186 Å². The topological polar surface area (TPSA) is 70.5 Å². The molecule has 4 heterocycles. The quantitative estimate of drug-likeness (QED) is 0.617. The lowest BCUT2D eigenvalue weighted by atomic mass is 10.2. The van der Waals surface area contributed by atoms with Crippen LogP contribution in [0.15, 0.2) is 48.7 Å². The first kappa shape index (κ1) is 20.0. The zero-order valence-corrected chi connectivity index (χ0v) is 17.9. The van der Waals surface area contributed by atoms with Gasteiger partial charge in [-0.1, -0.05) is 29.8 Å². The maximum Gasteiger partial charge on any atom is 0.230 e. The Hall–Kier alpha value is -2.97. The van der Waals surface area contributed by atoms with Gasteiger partial charge >= 0.3 is 0 Å². The van der Waals surface area contributed by atoms with E-state index in [2.05, 4.69) is 19.7 Å². The molecular weight excluding hydrogens is 414 g/mol. The molecule has 2 saturated heterocycles. The molecule has 0 bridgehead atoms. The molecule has 5 rings (SSSR count). The van der Waals surface area contributed by atoms with E-state index in [1.54, 1.807) is 0 Å². The zero-order chi connectivity index (χ0) is 21.0. The number of halogens is 1. The van der Waals surface area contributed by atoms with E-state index < -0.39 is 0 Å². The average Bonchev–Trinajstić information content (AvgIpc) is 2.85. The second kappa shape index (κ2) is 9.03. The minimum absolute atomic E-state index is 0.640. The smallest absolute Gasteiger partial charge is 0.230 e. The van der Waals surface area contributed by atoms with E-state index in [9.17, 15) is 0 Å². The predicted molar refractivity (Wildman–Crippen MR) is 122 cm³/mol. The summed E-state index contributed by atoms with van der Waals surface area (Å²) in [5.41, 5.74) is 0.887. The molecule has 0 radical (unpaired) electrons. The summed E-state index contributed by atoms with van der Waals surface area (Å²) in [5, 5.41) is 0.663. The van der Waals surface area contributed by atoms with E-state index in [1.165, 1.54) is 0 Å². The van der Waals surface area contributed by atoms with Crippen molar-refractivity contribution in [3.05, 3.63) is 53.7 Å². The van der Waals surface area contributed by atoms with Gasteiger partial charge in [0.1, 0.15) is 5.82 Å². The van der Waals surface area contributed by atoms with Crippen molar-refractivity contribution < 1.29 is 4.74 Å². The number of rotatable bonds is 4. The highest BCUT2D eigenvalue weighted by molar-refractivity contribution is 6.30. The number of nitrogens with zero attached hydrogens (tertiary/aromatic N) is 7. The third kappa shape index (κ3) is 4.55. The van der Waals surface area contributed by atoms with Crippen molar-refractivity contribution in [1.29, 1.82) is 0 Å². The molecule has 0 amide bonds. The van der Waals surface area contributed by atoms with E-state index in [4.69, 9.17) is 31.3 Å². The average molecular weight is 438 g/mol. The Morgan fingerprint density at radius 1 is 0.742 bits per heavy atom. The van der Waals surface area contributed by atoms with E-state index in [0.29, 0.717) is 36.0 Å². The standard InChI is InChI=1S/C22H24ClN7O/c23-18-5-3-4-17(16-18)20-25-21(27-22(26-20)30-12-14-31-15-13-30)29-10-8-28(9-11-29)19-6-1-2-7-24-19/h1-7,16H,8-15H2. The van der Waals surface area contributed by atoms with Gasteiger partial charge in [-0.25, -0.2) is 4.98 Å². The molecule has 0 saturated carbocycles. The second-order valence-corrected chi connectivity index (χ2v) is 7.97. The number of pyridine rings is 1. The van der Waals surface area contributed by atoms with Crippen LogP contribution in [0, 0.1) is 0 Å². The van der Waals surface area contributed by atoms with Crippen molar-refractivity contribution >= 4 is 29.3 Å². The molecule has 0 spiro atoms. The van der Waals surface area contributed by atoms with Crippen molar-refractivity contribution in [3.63, 3.8) is 0 Å². The van der Waals surface area contributed by atoms with Crippen LogP contribution in [0.3, 0.4) is 0 Å². The van der Waals surface area contributed by atoms with Crippen molar-refractivity contribution in [1.82, 2.24) is 19.9 Å². The van der Waals surface area contributed by atoms with Gasteiger partial charge in [0.15, 0.2) is 5.82 Å². The maximum atomic E-state index is 6.23. The Morgan fingerprint density at radius 3 is 2.13 bits per heavy atom. The molecular formula is C22H24ClN7O. The molecule has 2 aliphatic heterocycles. The van der Waals surface area contributed by atoms with Gasteiger partial charge in [-0.05, 0) is 24.3 Å². The lowest BCUT2D eigenvalue weighted by Gasteiger charge is -2.36. The first-order valence-corrected chi connectivity index (χ1v) is 10.9. The molecule has 0 aliphatic carbocycles. The lowest BCUT2D eigenvalue weighted by Crippen LogP contribution is -2.47. The highest BCUT2D eigenvalue weighted by atomic mass is 35.5. The number of anilines is 3. The van der Waals surface area contributed by atoms with Crippen LogP contribution < -0.4 is 14.7 Å². The maximum absolute atomic E-state index is 6.23. The summed E-state index contributed by atoms with van der Waals surface area (Å²) in [6.07, 6.45) is 1.83. The molecule has 0 atom stereocenters. The fourth-order valence-corrected chi connectivity index (χ4v) is 4.02. The third-order valence-electron chi connectivity index (χ3n) is 5.52. The van der Waals surface area contributed by atoms with E-state index in [1.807, 2.05) is 48.7 Å². The van der Waals surface area contributed by atoms with Crippen molar-refractivity contribution in [2.24, 2.45) is 0 Å². The SMILES string of the molecule is Clc1cccc(-c2nc(N3CCOCC3)nc(N3CCN(c4ccccn4)CC3)n2)c1. The summed E-state index contributed by atoms with van der Waals surface area (Å²) < 4.78 is 5.50. The molecule has 0 unspecified atom stereocenters. The van der Waals surface area contributed by atoms with Crippen molar-refractivity contribution in [3.8, 4) is 11.4 Å². The third-order valence-corrected chi connectivity index (χ3v) is 5.76. The van der Waals surface area contributed by atoms with E-state index in [-0.39, 0.29) is 0 Å². The Balaban J connectivity index is 1.43. The largest absolute Gasteiger partial charge is 0.378 e. The summed E-state index contributed by atoms with van der Waals surface area (Å²) in [6.45, 7) is 6.25. The zero-order valence-electron chi connectivity index (χ0n) is 17.2. The summed E-state index contributed by atoms with van der Waals surface area (Å²) in [7, 11) is 0. The fraction of sp³-hybridized carbons (Fsp3) is 0.364. The molecule has 2 aliphatic rings. The molecule has 0 N–H and O–H groups in total. The molecule has 31 heavy (non-hydrogen) atoms. The molecule has 9 heteroatoms. The summed E-state index contributed by atoms with van der Waals surface area (Å²) in [4.78, 5) is 25.6. The molecule has 2 aromatic heterocycles. The predicted octanol–water partition coefficient (Wildman–Crippen LogP) is 2.75. The summed E-state index contributed by atoms with van der Waals surface area (Å²) in [5.74, 6) is 3.04. The van der Waals surface area contributed by atoms with E-state index in [0.717, 1.165) is 50.6 Å². The number of piperazine rings is 1. The molecule has 1 aromatic carbocycles. The minimum Gasteiger partial charge on any atom is -0.378 e. The van der Waals surface area contributed by atoms with Gasteiger partial charge in [-0.3, -0.25) is 0 Å². The normalized spacial score (nSPS) is 17.1. The van der Waals surface area contributed by atoms with Crippen LogP contribution in [-0.2, 0) is 4.74 Å². The first-order valence-electron chi connectivity index (χ1n) is 10.5. The number of benzene rings is 1. The number of ether oxygens (including phenoxy) is 1. The van der Waals surface area contributed by atoms with Gasteiger partial charge in [0.2, 0.25) is 11.9 Å². The Kier molecular flexibility index (Phi) is 5.82. The molecule has 2 fully saturated rings. The van der Waals surface area contributed by atoms with Crippen LogP contribution in [-0.4, -0.2) is 72.4 Å². The summed E-state index contributed by atoms with van der Waals surface area (Å²) >= 11 is 6.23. The number of hydrogen-bond donors (Lipinski definition) is 0. The van der Waals surface area contributed by atoms with Gasteiger partial charge in [-0.2, -0.15) is 15.0 Å². The second-order valence-electron chi connectivity index (χ2n) is 7.53. The van der Waals surface area contributed by atoms with Crippen LogP contribution >= 0.6 is 11.6 Å². The van der Waals surface area contributed by atoms with Gasteiger partial charge in [0, 0.05) is 56.1 Å². The lowest BCUT2D eigenvalue weighted by molar-refractivity contribution is 0.122. The number of aromatic nitrogens is 4. The Bertz CT molecular complexity index is 1020. The van der Waals surface area contributed by atoms with Crippen molar-refractivity contribution in [2.75, 3.05) is 67.2 Å². The molecule has 160 valence electrons. The van der Waals surface area contributed by atoms with Gasteiger partial charge < -0.3 is 19.4 Å². The number of morpholine rings is 1. The van der Waals surface area contributed by atoms with E-state index >= 15 is 0 Å². The van der Waals surface area contributed by atoms with Crippen LogP contribution in [0.1, 0.15) is 0 Å². The van der Waals surface area contributed by atoms with Crippen LogP contribution in [0.4, 0.5) is 17.7 Å². The number of hydrogen-bond acceptors (Lipinski definition) is 8. The first-order chi connectivity index (χ1) is 15.3. The van der Waals surface area contributed by atoms with Crippen LogP contribution in [0.5, 0.6) is 0 Å². The minimum atomic E-state index is 0.640. The highest BCUT2D eigenvalue weighted by Crippen LogP contribution is 2.25. The van der Waals surface area contributed by atoms with Crippen LogP contribution in [0.25, 0.3) is 11.4 Å². The monoisotopic (exact) mass is 437 g/mol. The molecule has 8 nitrogen and oxygen atoms in total. The van der Waals surface area contributed by atoms with Gasteiger partial charge in [0.25, 0.3) is 0 Å². The fourth-order valence-electron chi connectivity index (χ4n) is 3.83. The van der Waals surface area contributed by atoms with Crippen molar-refractivity contribution in [2.45, 2.75) is 0 Å². The Morgan fingerprint density at radius 2 is 1.45 bits per heavy atom. The molecule has 3 aromatic rings. The highest BCUT2D eigenvalue weighted by Gasteiger charge is 2.23.